The molecule has 0 aliphatic heterocycles. The molecule has 3 N–H and O–H groups in total. The first-order chi connectivity index (χ1) is 11.6. The summed E-state index contributed by atoms with van der Waals surface area (Å²) in [6, 6.07) is 4.98. The van der Waals surface area contributed by atoms with E-state index in [-0.39, 0.29) is 12.4 Å². The molecule has 24 heavy (non-hydrogen) atoms. The summed E-state index contributed by atoms with van der Waals surface area (Å²) < 4.78 is 14.6. The van der Waals surface area contributed by atoms with E-state index in [9.17, 15) is 4.39 Å². The average Bonchev–Trinajstić information content (AvgIpc) is 2.56. The Bertz CT molecular complexity index is 505. The van der Waals surface area contributed by atoms with Gasteiger partial charge in [-0.25, -0.2) is 4.39 Å². The van der Waals surface area contributed by atoms with Gasteiger partial charge in [-0.05, 0) is 55.9 Å². The van der Waals surface area contributed by atoms with Crippen LogP contribution in [0.4, 0.5) is 4.39 Å². The Morgan fingerprint density at radius 3 is 2.75 bits per heavy atom. The number of guanidine groups is 1. The molecule has 0 bridgehead atoms. The highest BCUT2D eigenvalue weighted by Gasteiger charge is 2.08. The van der Waals surface area contributed by atoms with Crippen molar-refractivity contribution in [2.24, 2.45) is 10.9 Å². The number of aliphatic hydroxyl groups is 1. The third-order valence-corrected chi connectivity index (χ3v) is 4.27. The van der Waals surface area contributed by atoms with Crippen LogP contribution in [0.25, 0.3) is 0 Å². The van der Waals surface area contributed by atoms with Crippen LogP contribution in [0.15, 0.2) is 27.7 Å². The van der Waals surface area contributed by atoms with E-state index in [0.29, 0.717) is 31.0 Å². The van der Waals surface area contributed by atoms with Crippen molar-refractivity contribution in [2.45, 2.75) is 39.5 Å². The van der Waals surface area contributed by atoms with Gasteiger partial charge in [-0.3, -0.25) is 4.99 Å². The molecule has 0 radical (unpaired) electrons. The molecular weight excluding hydrogens is 373 g/mol. The first-order valence-electron chi connectivity index (χ1n) is 8.67. The molecule has 1 unspecified atom stereocenters. The molecule has 0 spiro atoms. The highest BCUT2D eigenvalue weighted by molar-refractivity contribution is 9.10. The van der Waals surface area contributed by atoms with Gasteiger partial charge in [0, 0.05) is 30.7 Å². The number of hydrogen-bond acceptors (Lipinski definition) is 2. The van der Waals surface area contributed by atoms with Crippen LogP contribution in [0.1, 0.15) is 38.7 Å². The van der Waals surface area contributed by atoms with Crippen molar-refractivity contribution in [3.05, 3.63) is 34.1 Å². The van der Waals surface area contributed by atoms with Gasteiger partial charge in [-0.1, -0.05) is 29.3 Å². The number of aliphatic hydroxyl groups excluding tert-OH is 1. The first kappa shape index (κ1) is 20.9. The molecule has 0 heterocycles. The first-order valence-corrected chi connectivity index (χ1v) is 9.46. The van der Waals surface area contributed by atoms with Gasteiger partial charge in [0.25, 0.3) is 0 Å². The molecule has 4 nitrogen and oxygen atoms in total. The van der Waals surface area contributed by atoms with Gasteiger partial charge in [-0.2, -0.15) is 0 Å². The molecule has 6 heteroatoms. The Morgan fingerprint density at radius 2 is 2.08 bits per heavy atom. The van der Waals surface area contributed by atoms with Crippen molar-refractivity contribution in [1.82, 2.24) is 10.6 Å². The molecule has 1 aromatic rings. The highest BCUT2D eigenvalue weighted by Crippen LogP contribution is 2.15. The Morgan fingerprint density at radius 1 is 1.29 bits per heavy atom. The quantitative estimate of drug-likeness (QED) is 0.415. The predicted molar refractivity (Wildman–Crippen MR) is 102 cm³/mol. The summed E-state index contributed by atoms with van der Waals surface area (Å²) in [6.45, 7) is 6.43. The van der Waals surface area contributed by atoms with E-state index in [1.54, 1.807) is 12.1 Å². The van der Waals surface area contributed by atoms with Gasteiger partial charge in [0.05, 0.1) is 0 Å². The molecule has 1 rings (SSSR count). The lowest BCUT2D eigenvalue weighted by Gasteiger charge is -2.15. The molecule has 0 amide bonds. The van der Waals surface area contributed by atoms with Crippen molar-refractivity contribution in [3.8, 4) is 0 Å². The number of benzene rings is 1. The maximum absolute atomic E-state index is 13.7. The SMILES string of the molecule is CCCC(CCO)CN=C(NCC)NCCc1cc(Br)ccc1F. The lowest BCUT2D eigenvalue weighted by Crippen LogP contribution is -2.38. The van der Waals surface area contributed by atoms with Crippen LogP contribution in [-0.4, -0.2) is 37.3 Å². The second-order valence-corrected chi connectivity index (χ2v) is 6.71. The van der Waals surface area contributed by atoms with E-state index in [0.717, 1.165) is 36.2 Å². The summed E-state index contributed by atoms with van der Waals surface area (Å²) in [5.74, 6) is 0.956. The van der Waals surface area contributed by atoms with Crippen LogP contribution in [0.2, 0.25) is 0 Å². The number of rotatable bonds is 10. The molecule has 136 valence electrons. The lowest BCUT2D eigenvalue weighted by atomic mass is 10.0. The second-order valence-electron chi connectivity index (χ2n) is 5.80. The van der Waals surface area contributed by atoms with Crippen LogP contribution in [0.3, 0.4) is 0 Å². The summed E-state index contributed by atoms with van der Waals surface area (Å²) in [5, 5.41) is 15.6. The van der Waals surface area contributed by atoms with Gasteiger partial charge in [0.1, 0.15) is 5.82 Å². The largest absolute Gasteiger partial charge is 0.396 e. The minimum Gasteiger partial charge on any atom is -0.396 e. The third kappa shape index (κ3) is 8.11. The number of hydrogen-bond donors (Lipinski definition) is 3. The number of aliphatic imine (C=N–C) groups is 1. The molecule has 0 aromatic heterocycles. The van der Waals surface area contributed by atoms with E-state index in [4.69, 9.17) is 5.11 Å². The molecule has 0 aliphatic rings. The van der Waals surface area contributed by atoms with Crippen molar-refractivity contribution < 1.29 is 9.50 Å². The van der Waals surface area contributed by atoms with E-state index in [1.807, 2.05) is 6.92 Å². The summed E-state index contributed by atoms with van der Waals surface area (Å²) in [7, 11) is 0. The summed E-state index contributed by atoms with van der Waals surface area (Å²) in [6.07, 6.45) is 3.52. The average molecular weight is 402 g/mol. The van der Waals surface area contributed by atoms with E-state index >= 15 is 0 Å². The summed E-state index contributed by atoms with van der Waals surface area (Å²) in [5.41, 5.74) is 0.678. The van der Waals surface area contributed by atoms with Crippen LogP contribution < -0.4 is 10.6 Å². The summed E-state index contributed by atoms with van der Waals surface area (Å²) >= 11 is 3.37. The molecular formula is C18H29BrFN3O. The lowest BCUT2D eigenvalue weighted by molar-refractivity contribution is 0.253. The van der Waals surface area contributed by atoms with E-state index < -0.39 is 0 Å². The van der Waals surface area contributed by atoms with Crippen LogP contribution >= 0.6 is 15.9 Å². The third-order valence-electron chi connectivity index (χ3n) is 3.78. The van der Waals surface area contributed by atoms with Gasteiger partial charge in [-0.15, -0.1) is 0 Å². The zero-order valence-corrected chi connectivity index (χ0v) is 16.2. The van der Waals surface area contributed by atoms with Gasteiger partial charge in [0.2, 0.25) is 0 Å². The molecule has 0 aliphatic carbocycles. The van der Waals surface area contributed by atoms with Crippen molar-refractivity contribution in [3.63, 3.8) is 0 Å². The zero-order chi connectivity index (χ0) is 17.8. The fraction of sp³-hybridized carbons (Fsp3) is 0.611. The topological polar surface area (TPSA) is 56.7 Å². The number of halogens is 2. The normalized spacial score (nSPS) is 13.0. The molecule has 0 saturated heterocycles. The van der Waals surface area contributed by atoms with E-state index in [1.165, 1.54) is 6.07 Å². The van der Waals surface area contributed by atoms with Crippen LogP contribution in [0, 0.1) is 11.7 Å². The molecule has 0 saturated carbocycles. The molecule has 1 aromatic carbocycles. The number of nitrogens with zero attached hydrogens (tertiary/aromatic N) is 1. The smallest absolute Gasteiger partial charge is 0.191 e. The minimum atomic E-state index is -0.187. The van der Waals surface area contributed by atoms with Gasteiger partial charge >= 0.3 is 0 Å². The molecule has 0 fully saturated rings. The van der Waals surface area contributed by atoms with Gasteiger partial charge < -0.3 is 15.7 Å². The Balaban J connectivity index is 2.55. The number of nitrogens with one attached hydrogen (secondary N) is 2. The predicted octanol–water partition coefficient (Wildman–Crippen LogP) is 3.48. The monoisotopic (exact) mass is 401 g/mol. The molecule has 1 atom stereocenters. The Kier molecular flexibility index (Phi) is 10.7. The fourth-order valence-corrected chi connectivity index (χ4v) is 2.94. The Hall–Kier alpha value is -1.14. The van der Waals surface area contributed by atoms with Crippen molar-refractivity contribution in [2.75, 3.05) is 26.2 Å². The van der Waals surface area contributed by atoms with Crippen molar-refractivity contribution >= 4 is 21.9 Å². The maximum atomic E-state index is 13.7. The van der Waals surface area contributed by atoms with Gasteiger partial charge in [0.15, 0.2) is 5.96 Å². The van der Waals surface area contributed by atoms with E-state index in [2.05, 4.69) is 38.5 Å². The van der Waals surface area contributed by atoms with Crippen LogP contribution in [-0.2, 0) is 6.42 Å². The maximum Gasteiger partial charge on any atom is 0.191 e. The Labute approximate surface area is 153 Å². The minimum absolute atomic E-state index is 0.187. The van der Waals surface area contributed by atoms with Crippen LogP contribution in [0.5, 0.6) is 0 Å². The second kappa shape index (κ2) is 12.3. The zero-order valence-electron chi connectivity index (χ0n) is 14.6. The summed E-state index contributed by atoms with van der Waals surface area (Å²) in [4.78, 5) is 4.60. The fourth-order valence-electron chi connectivity index (χ4n) is 2.53. The van der Waals surface area contributed by atoms with Crippen molar-refractivity contribution in [1.29, 1.82) is 0 Å². The standard InChI is InChI=1S/C18H29BrFN3O/c1-3-5-14(9-11-24)13-23-18(21-4-2)22-10-8-15-12-16(19)6-7-17(15)20/h6-7,12,14,24H,3-5,8-11,13H2,1-2H3,(H2,21,22,23). The highest BCUT2D eigenvalue weighted by atomic mass is 79.9.